The van der Waals surface area contributed by atoms with E-state index < -0.39 is 9.84 Å². The summed E-state index contributed by atoms with van der Waals surface area (Å²) in [6, 6.07) is 6.79. The third kappa shape index (κ3) is 4.59. The fraction of sp³-hybridized carbons (Fsp3) is 0.389. The summed E-state index contributed by atoms with van der Waals surface area (Å²) in [5.74, 6) is -0.598. The van der Waals surface area contributed by atoms with E-state index in [0.717, 1.165) is 11.8 Å². The van der Waals surface area contributed by atoms with E-state index in [-0.39, 0.29) is 35.9 Å². The van der Waals surface area contributed by atoms with Crippen molar-refractivity contribution >= 4 is 67.6 Å². The Kier molecular flexibility index (Phi) is 6.48. The van der Waals surface area contributed by atoms with Gasteiger partial charge in [-0.05, 0) is 31.1 Å². The van der Waals surface area contributed by atoms with Gasteiger partial charge in [0.2, 0.25) is 5.91 Å². The molecule has 2 saturated heterocycles. The number of sulfone groups is 1. The van der Waals surface area contributed by atoms with E-state index in [4.69, 9.17) is 23.8 Å². The lowest BCUT2D eigenvalue weighted by atomic mass is 10.2. The molecule has 2 fully saturated rings. The number of carbonyl (C=O) groups excluding carboxylic acids is 2. The molecule has 6 nitrogen and oxygen atoms in total. The summed E-state index contributed by atoms with van der Waals surface area (Å²) >= 11 is 12.5. The number of nitrogens with zero attached hydrogens (tertiary/aromatic N) is 2. The van der Waals surface area contributed by atoms with Crippen LogP contribution >= 0.6 is 35.6 Å². The molecule has 0 spiro atoms. The Labute approximate surface area is 178 Å². The molecule has 0 aromatic heterocycles. The molecular formula is C18H19ClN2O4S3. The van der Waals surface area contributed by atoms with Crippen LogP contribution in [0.15, 0.2) is 29.2 Å². The molecule has 2 aliphatic rings. The SMILES string of the molecule is CCN(C(=O)CN1C(=O)/C(=C\c2ccccc2Cl)SC1=S)[C@@H]1CCS(=O)(=O)C1. The van der Waals surface area contributed by atoms with E-state index in [9.17, 15) is 18.0 Å². The molecule has 0 N–H and O–H groups in total. The van der Waals surface area contributed by atoms with Gasteiger partial charge < -0.3 is 4.90 Å². The molecule has 150 valence electrons. The average molecular weight is 459 g/mol. The Hall–Kier alpha value is -1.42. The maximum Gasteiger partial charge on any atom is 0.266 e. The molecule has 2 aliphatic heterocycles. The van der Waals surface area contributed by atoms with E-state index in [1.165, 1.54) is 9.80 Å². The topological polar surface area (TPSA) is 74.8 Å². The largest absolute Gasteiger partial charge is 0.337 e. The van der Waals surface area contributed by atoms with Gasteiger partial charge in [-0.15, -0.1) is 0 Å². The third-order valence-electron chi connectivity index (χ3n) is 4.67. The number of likely N-dealkylation sites (N-methyl/N-ethyl adjacent to an activating group) is 1. The summed E-state index contributed by atoms with van der Waals surface area (Å²) in [7, 11) is -3.11. The highest BCUT2D eigenvalue weighted by molar-refractivity contribution is 8.26. The Morgan fingerprint density at radius 1 is 1.43 bits per heavy atom. The van der Waals surface area contributed by atoms with Gasteiger partial charge in [0.1, 0.15) is 10.9 Å². The van der Waals surface area contributed by atoms with Crippen molar-refractivity contribution in [3.63, 3.8) is 0 Å². The number of thioether (sulfide) groups is 1. The first-order chi connectivity index (χ1) is 13.2. The second-order valence-electron chi connectivity index (χ2n) is 6.53. The number of hydrogen-bond donors (Lipinski definition) is 0. The number of hydrogen-bond acceptors (Lipinski definition) is 6. The number of benzene rings is 1. The van der Waals surface area contributed by atoms with Crippen LogP contribution < -0.4 is 0 Å². The standard InChI is InChI=1S/C18H19ClN2O4S3/c1-2-20(13-7-8-28(24,25)11-13)16(22)10-21-17(23)15(27-18(21)26)9-12-5-3-4-6-14(12)19/h3-6,9,13H,2,7-8,10-11H2,1H3/b15-9+/t13-/m1/s1. The molecule has 2 amide bonds. The highest BCUT2D eigenvalue weighted by Crippen LogP contribution is 2.33. The summed E-state index contributed by atoms with van der Waals surface area (Å²) in [6.07, 6.45) is 2.08. The number of amides is 2. The van der Waals surface area contributed by atoms with Crippen molar-refractivity contribution in [3.8, 4) is 0 Å². The second kappa shape index (κ2) is 8.52. The van der Waals surface area contributed by atoms with Gasteiger partial charge in [0.25, 0.3) is 5.91 Å². The van der Waals surface area contributed by atoms with Gasteiger partial charge in [0.15, 0.2) is 9.84 Å². The Balaban J connectivity index is 1.73. The van der Waals surface area contributed by atoms with Crippen LogP contribution in [0.25, 0.3) is 6.08 Å². The van der Waals surface area contributed by atoms with Crippen LogP contribution in [0.4, 0.5) is 0 Å². The van der Waals surface area contributed by atoms with Crippen molar-refractivity contribution in [2.75, 3.05) is 24.6 Å². The minimum absolute atomic E-state index is 0.0304. The van der Waals surface area contributed by atoms with Gasteiger partial charge in [0, 0.05) is 17.6 Å². The Morgan fingerprint density at radius 3 is 2.75 bits per heavy atom. The van der Waals surface area contributed by atoms with Crippen molar-refractivity contribution in [3.05, 3.63) is 39.8 Å². The normalized spacial score (nSPS) is 22.9. The van der Waals surface area contributed by atoms with Crippen LogP contribution in [0.3, 0.4) is 0 Å². The predicted molar refractivity (Wildman–Crippen MR) is 116 cm³/mol. The molecule has 1 atom stereocenters. The van der Waals surface area contributed by atoms with E-state index in [2.05, 4.69) is 0 Å². The zero-order chi connectivity index (χ0) is 20.5. The quantitative estimate of drug-likeness (QED) is 0.498. The lowest BCUT2D eigenvalue weighted by Crippen LogP contribution is -2.47. The molecule has 0 saturated carbocycles. The number of thiocarbonyl (C=S) groups is 1. The van der Waals surface area contributed by atoms with Gasteiger partial charge in [-0.1, -0.05) is 53.8 Å². The molecule has 0 bridgehead atoms. The summed E-state index contributed by atoms with van der Waals surface area (Å²) in [4.78, 5) is 28.7. The summed E-state index contributed by atoms with van der Waals surface area (Å²) in [5, 5.41) is 0.517. The van der Waals surface area contributed by atoms with E-state index in [0.29, 0.717) is 32.8 Å². The van der Waals surface area contributed by atoms with Crippen LogP contribution in [0.1, 0.15) is 18.9 Å². The number of rotatable bonds is 5. The molecule has 0 radical (unpaired) electrons. The Bertz CT molecular complexity index is 961. The van der Waals surface area contributed by atoms with E-state index in [1.807, 2.05) is 6.07 Å². The fourth-order valence-electron chi connectivity index (χ4n) is 3.26. The first kappa shape index (κ1) is 21.3. The third-order valence-corrected chi connectivity index (χ3v) is 8.14. The molecule has 1 aromatic carbocycles. The highest BCUT2D eigenvalue weighted by Gasteiger charge is 2.38. The Morgan fingerprint density at radius 2 is 2.14 bits per heavy atom. The van der Waals surface area contributed by atoms with Crippen LogP contribution in [-0.4, -0.2) is 65.0 Å². The second-order valence-corrected chi connectivity index (χ2v) is 10.8. The predicted octanol–water partition coefficient (Wildman–Crippen LogP) is 2.58. The maximum atomic E-state index is 12.8. The van der Waals surface area contributed by atoms with Gasteiger partial charge in [0.05, 0.1) is 16.4 Å². The van der Waals surface area contributed by atoms with Crippen LogP contribution in [0.2, 0.25) is 5.02 Å². The monoisotopic (exact) mass is 458 g/mol. The van der Waals surface area contributed by atoms with Crippen LogP contribution in [0, 0.1) is 0 Å². The molecule has 0 aliphatic carbocycles. The van der Waals surface area contributed by atoms with Gasteiger partial charge in [-0.25, -0.2) is 8.42 Å². The van der Waals surface area contributed by atoms with Crippen molar-refractivity contribution in [2.45, 2.75) is 19.4 Å². The summed E-state index contributed by atoms with van der Waals surface area (Å²) in [5.41, 5.74) is 0.697. The molecule has 28 heavy (non-hydrogen) atoms. The summed E-state index contributed by atoms with van der Waals surface area (Å²) in [6.45, 7) is 1.97. The zero-order valence-electron chi connectivity index (χ0n) is 15.1. The molecule has 2 heterocycles. The molecule has 0 unspecified atom stereocenters. The van der Waals surface area contributed by atoms with Crippen LogP contribution in [0.5, 0.6) is 0 Å². The number of halogens is 1. The molecular weight excluding hydrogens is 440 g/mol. The lowest BCUT2D eigenvalue weighted by molar-refractivity contribution is -0.136. The smallest absolute Gasteiger partial charge is 0.266 e. The maximum absolute atomic E-state index is 12.8. The minimum Gasteiger partial charge on any atom is -0.337 e. The molecule has 3 rings (SSSR count). The van der Waals surface area contributed by atoms with Crippen molar-refractivity contribution in [2.24, 2.45) is 0 Å². The van der Waals surface area contributed by atoms with Gasteiger partial charge in [-0.3, -0.25) is 14.5 Å². The molecule has 1 aromatic rings. The first-order valence-electron chi connectivity index (χ1n) is 8.71. The molecule has 10 heteroatoms. The van der Waals surface area contributed by atoms with E-state index in [1.54, 1.807) is 31.2 Å². The first-order valence-corrected chi connectivity index (χ1v) is 12.1. The van der Waals surface area contributed by atoms with Gasteiger partial charge in [-0.2, -0.15) is 0 Å². The van der Waals surface area contributed by atoms with Gasteiger partial charge >= 0.3 is 0 Å². The van der Waals surface area contributed by atoms with Crippen molar-refractivity contribution in [1.82, 2.24) is 9.80 Å². The van der Waals surface area contributed by atoms with Crippen molar-refractivity contribution < 1.29 is 18.0 Å². The number of carbonyl (C=O) groups is 2. The van der Waals surface area contributed by atoms with Crippen molar-refractivity contribution in [1.29, 1.82) is 0 Å². The summed E-state index contributed by atoms with van der Waals surface area (Å²) < 4.78 is 23.8. The zero-order valence-corrected chi connectivity index (χ0v) is 18.3. The fourth-order valence-corrected chi connectivity index (χ4v) is 6.42. The lowest BCUT2D eigenvalue weighted by Gasteiger charge is -2.28. The van der Waals surface area contributed by atoms with Crippen LogP contribution in [-0.2, 0) is 19.4 Å². The average Bonchev–Trinajstić information content (AvgIpc) is 3.11. The van der Waals surface area contributed by atoms with E-state index >= 15 is 0 Å². The highest BCUT2D eigenvalue weighted by atomic mass is 35.5. The minimum atomic E-state index is -3.11.